The molecule has 7 nitrogen and oxygen atoms in total. The standard InChI is InChI=1S/C33H41Cl2N3O4S/c1-6-24-14-18-28(19-15-24)38(43(5,41)42)20-10-13-31(39)37(23-26-16-17-27(34)22-29(26)35)30(32(40)36-33(2,3)4)21-25-11-8-7-9-12-25/h7-9,11-12,14-19,22,30H,6,10,13,20-21,23H2,1-5H3,(H,36,40)/t30-/m0/s1. The van der Waals surface area contributed by atoms with Gasteiger partial charge in [0.25, 0.3) is 0 Å². The summed E-state index contributed by atoms with van der Waals surface area (Å²) in [6.45, 7) is 7.89. The lowest BCUT2D eigenvalue weighted by atomic mass is 10.00. The van der Waals surface area contributed by atoms with Crippen LogP contribution in [0.5, 0.6) is 0 Å². The summed E-state index contributed by atoms with van der Waals surface area (Å²) in [6, 6.07) is 21.1. The number of hydrogen-bond donors (Lipinski definition) is 1. The summed E-state index contributed by atoms with van der Waals surface area (Å²) < 4.78 is 26.7. The molecule has 1 N–H and O–H groups in total. The average molecular weight is 647 g/mol. The fraction of sp³-hybridized carbons (Fsp3) is 0.394. The molecule has 0 aliphatic heterocycles. The van der Waals surface area contributed by atoms with E-state index in [1.165, 1.54) is 4.31 Å². The van der Waals surface area contributed by atoms with Gasteiger partial charge in [0.2, 0.25) is 21.8 Å². The molecule has 0 aromatic heterocycles. The van der Waals surface area contributed by atoms with Crippen LogP contribution in [0.25, 0.3) is 0 Å². The lowest BCUT2D eigenvalue weighted by molar-refractivity contribution is -0.142. The van der Waals surface area contributed by atoms with Gasteiger partial charge >= 0.3 is 0 Å². The lowest BCUT2D eigenvalue weighted by Gasteiger charge is -2.34. The Balaban J connectivity index is 1.92. The molecule has 2 amide bonds. The first-order valence-corrected chi connectivity index (χ1v) is 16.9. The van der Waals surface area contributed by atoms with E-state index < -0.39 is 21.6 Å². The average Bonchev–Trinajstić information content (AvgIpc) is 2.93. The first kappa shape index (κ1) is 34.4. The zero-order valence-corrected chi connectivity index (χ0v) is 27.8. The minimum absolute atomic E-state index is 0.0262. The van der Waals surface area contributed by atoms with E-state index in [2.05, 4.69) is 5.32 Å². The van der Waals surface area contributed by atoms with Crippen LogP contribution in [-0.2, 0) is 39.0 Å². The van der Waals surface area contributed by atoms with Gasteiger partial charge in [-0.1, -0.05) is 78.7 Å². The van der Waals surface area contributed by atoms with Crippen LogP contribution in [0.2, 0.25) is 10.0 Å². The molecule has 3 aromatic rings. The predicted molar refractivity (Wildman–Crippen MR) is 176 cm³/mol. The van der Waals surface area contributed by atoms with Crippen LogP contribution in [0, 0.1) is 0 Å². The van der Waals surface area contributed by atoms with Crippen molar-refractivity contribution in [2.75, 3.05) is 17.1 Å². The maximum Gasteiger partial charge on any atom is 0.243 e. The summed E-state index contributed by atoms with van der Waals surface area (Å²) in [6.07, 6.45) is 2.57. The van der Waals surface area contributed by atoms with E-state index in [1.54, 1.807) is 35.2 Å². The van der Waals surface area contributed by atoms with Gasteiger partial charge in [-0.25, -0.2) is 8.42 Å². The van der Waals surface area contributed by atoms with Gasteiger partial charge in [0.05, 0.1) is 11.9 Å². The number of hydrogen-bond acceptors (Lipinski definition) is 4. The van der Waals surface area contributed by atoms with E-state index in [0.29, 0.717) is 27.7 Å². The van der Waals surface area contributed by atoms with Gasteiger partial charge in [-0.05, 0) is 74.6 Å². The highest BCUT2D eigenvalue weighted by molar-refractivity contribution is 7.92. The third-order valence-corrected chi connectivity index (χ3v) is 8.69. The minimum Gasteiger partial charge on any atom is -0.350 e. The Kier molecular flexibility index (Phi) is 12.1. The molecular weight excluding hydrogens is 605 g/mol. The van der Waals surface area contributed by atoms with E-state index in [9.17, 15) is 18.0 Å². The summed E-state index contributed by atoms with van der Waals surface area (Å²) in [5.41, 5.74) is 2.66. The molecule has 0 bridgehead atoms. The second-order valence-corrected chi connectivity index (χ2v) is 14.4. The van der Waals surface area contributed by atoms with Crippen molar-refractivity contribution in [2.45, 2.75) is 71.5 Å². The number of anilines is 1. The maximum atomic E-state index is 14.0. The van der Waals surface area contributed by atoms with Gasteiger partial charge in [-0.15, -0.1) is 0 Å². The van der Waals surface area contributed by atoms with Crippen LogP contribution in [0.3, 0.4) is 0 Å². The van der Waals surface area contributed by atoms with E-state index in [-0.39, 0.29) is 37.7 Å². The second kappa shape index (κ2) is 15.1. The smallest absolute Gasteiger partial charge is 0.243 e. The summed E-state index contributed by atoms with van der Waals surface area (Å²) in [7, 11) is -3.59. The Morgan fingerprint density at radius 3 is 2.14 bits per heavy atom. The Hall–Kier alpha value is -3.07. The number of halogens is 2. The fourth-order valence-corrected chi connectivity index (χ4v) is 6.18. The molecule has 0 unspecified atom stereocenters. The van der Waals surface area contributed by atoms with Gasteiger partial charge in [0.1, 0.15) is 6.04 Å². The number of carbonyl (C=O) groups is 2. The number of nitrogens with zero attached hydrogens (tertiary/aromatic N) is 2. The van der Waals surface area contributed by atoms with Gasteiger partial charge in [0, 0.05) is 41.5 Å². The van der Waals surface area contributed by atoms with E-state index >= 15 is 0 Å². The summed E-state index contributed by atoms with van der Waals surface area (Å²) in [5.74, 6) is -0.575. The summed E-state index contributed by atoms with van der Waals surface area (Å²) in [4.78, 5) is 29.3. The van der Waals surface area contributed by atoms with Crippen molar-refractivity contribution < 1.29 is 18.0 Å². The first-order chi connectivity index (χ1) is 20.2. The highest BCUT2D eigenvalue weighted by Gasteiger charge is 2.32. The monoisotopic (exact) mass is 645 g/mol. The fourth-order valence-electron chi connectivity index (χ4n) is 4.74. The molecule has 0 radical (unpaired) electrons. The third-order valence-electron chi connectivity index (χ3n) is 6.91. The number of carbonyl (C=O) groups excluding carboxylic acids is 2. The quantitative estimate of drug-likeness (QED) is 0.225. The predicted octanol–water partition coefficient (Wildman–Crippen LogP) is 6.66. The molecule has 0 fully saturated rings. The van der Waals surface area contributed by atoms with Crippen molar-refractivity contribution in [3.05, 3.63) is 99.5 Å². The van der Waals surface area contributed by atoms with Crippen LogP contribution >= 0.6 is 23.2 Å². The first-order valence-electron chi connectivity index (χ1n) is 14.3. The lowest BCUT2D eigenvalue weighted by Crippen LogP contribution is -2.54. The molecule has 10 heteroatoms. The van der Waals surface area contributed by atoms with Crippen LogP contribution in [-0.4, -0.2) is 49.5 Å². The number of sulfonamides is 1. The molecule has 0 spiro atoms. The van der Waals surface area contributed by atoms with Crippen molar-refractivity contribution in [1.29, 1.82) is 0 Å². The third kappa shape index (κ3) is 10.6. The molecule has 0 saturated carbocycles. The molecular formula is C33H41Cl2N3O4S. The molecule has 0 aliphatic rings. The molecule has 232 valence electrons. The topological polar surface area (TPSA) is 86.8 Å². The zero-order valence-electron chi connectivity index (χ0n) is 25.4. The van der Waals surface area contributed by atoms with Crippen LogP contribution < -0.4 is 9.62 Å². The molecule has 0 aliphatic carbocycles. The highest BCUT2D eigenvalue weighted by atomic mass is 35.5. The summed E-state index contributed by atoms with van der Waals surface area (Å²) >= 11 is 12.6. The number of benzene rings is 3. The van der Waals surface area contributed by atoms with Crippen molar-refractivity contribution in [2.24, 2.45) is 0 Å². The zero-order chi connectivity index (χ0) is 31.8. The second-order valence-electron chi connectivity index (χ2n) is 11.7. The Labute approximate surface area is 266 Å². The Morgan fingerprint density at radius 2 is 1.58 bits per heavy atom. The number of rotatable bonds is 13. The van der Waals surface area contributed by atoms with Crippen molar-refractivity contribution in [1.82, 2.24) is 10.2 Å². The molecule has 43 heavy (non-hydrogen) atoms. The molecule has 3 aromatic carbocycles. The summed E-state index contributed by atoms with van der Waals surface area (Å²) in [5, 5.41) is 3.89. The van der Waals surface area contributed by atoms with Crippen molar-refractivity contribution in [3.63, 3.8) is 0 Å². The van der Waals surface area contributed by atoms with E-state index in [1.807, 2.05) is 70.2 Å². The highest BCUT2D eigenvalue weighted by Crippen LogP contribution is 2.25. The Morgan fingerprint density at radius 1 is 0.930 bits per heavy atom. The van der Waals surface area contributed by atoms with Crippen LogP contribution in [0.1, 0.15) is 57.2 Å². The van der Waals surface area contributed by atoms with Crippen LogP contribution in [0.4, 0.5) is 5.69 Å². The molecule has 3 rings (SSSR count). The number of aryl methyl sites for hydroxylation is 1. The molecule has 1 atom stereocenters. The normalized spacial score (nSPS) is 12.4. The van der Waals surface area contributed by atoms with Crippen molar-refractivity contribution in [3.8, 4) is 0 Å². The molecule has 0 saturated heterocycles. The minimum atomic E-state index is -3.59. The molecule has 0 heterocycles. The van der Waals surface area contributed by atoms with Crippen molar-refractivity contribution >= 4 is 50.7 Å². The number of nitrogens with one attached hydrogen (secondary N) is 1. The Bertz CT molecular complexity index is 1490. The van der Waals surface area contributed by atoms with Gasteiger partial charge in [-0.3, -0.25) is 13.9 Å². The van der Waals surface area contributed by atoms with Gasteiger partial charge in [0.15, 0.2) is 0 Å². The maximum absolute atomic E-state index is 14.0. The van der Waals surface area contributed by atoms with E-state index in [4.69, 9.17) is 23.2 Å². The SMILES string of the molecule is CCc1ccc(N(CCCC(=O)N(Cc2ccc(Cl)cc2Cl)[C@@H](Cc2ccccc2)C(=O)NC(C)(C)C)S(C)(=O)=O)cc1. The number of amides is 2. The van der Waals surface area contributed by atoms with Gasteiger partial charge < -0.3 is 10.2 Å². The van der Waals surface area contributed by atoms with Crippen LogP contribution in [0.15, 0.2) is 72.8 Å². The largest absolute Gasteiger partial charge is 0.350 e. The van der Waals surface area contributed by atoms with Gasteiger partial charge in [-0.2, -0.15) is 0 Å². The van der Waals surface area contributed by atoms with E-state index in [0.717, 1.165) is 23.8 Å².